The first-order chi connectivity index (χ1) is 8.24. The fourth-order valence-electron chi connectivity index (χ4n) is 1.58. The maximum Gasteiger partial charge on any atom is 0.160 e. The lowest BCUT2D eigenvalue weighted by atomic mass is 10.1. The summed E-state index contributed by atoms with van der Waals surface area (Å²) >= 11 is 1.42. The van der Waals surface area contributed by atoms with E-state index in [1.807, 2.05) is 36.6 Å². The Morgan fingerprint density at radius 1 is 1.35 bits per heavy atom. The highest BCUT2D eigenvalue weighted by atomic mass is 32.1. The summed E-state index contributed by atoms with van der Waals surface area (Å²) < 4.78 is 5.38. The molecule has 0 saturated heterocycles. The van der Waals surface area contributed by atoms with Crippen molar-refractivity contribution in [1.29, 1.82) is 0 Å². The van der Waals surface area contributed by atoms with Gasteiger partial charge in [0.1, 0.15) is 5.75 Å². The normalized spacial score (nSPS) is 10.2. The molecule has 3 nitrogen and oxygen atoms in total. The van der Waals surface area contributed by atoms with Crippen molar-refractivity contribution in [3.63, 3.8) is 0 Å². The van der Waals surface area contributed by atoms with E-state index in [0.717, 1.165) is 17.4 Å². The number of carbonyl (C=O) groups is 1. The Labute approximate surface area is 104 Å². The van der Waals surface area contributed by atoms with Crippen molar-refractivity contribution >= 4 is 23.3 Å². The number of aldehydes is 1. The summed E-state index contributed by atoms with van der Waals surface area (Å²) in [4.78, 5) is 11.3. The summed E-state index contributed by atoms with van der Waals surface area (Å²) in [6.45, 7) is 2.51. The Hall–Kier alpha value is -1.81. The van der Waals surface area contributed by atoms with Gasteiger partial charge >= 0.3 is 0 Å². The third-order valence-electron chi connectivity index (χ3n) is 2.38. The third kappa shape index (κ3) is 2.47. The Bertz CT molecular complexity index is 534. The van der Waals surface area contributed by atoms with E-state index in [2.05, 4.69) is 0 Å². The number of benzene rings is 1. The number of hydrogen-bond donors (Lipinski definition) is 1. The molecule has 0 fully saturated rings. The van der Waals surface area contributed by atoms with Gasteiger partial charge in [0, 0.05) is 0 Å². The van der Waals surface area contributed by atoms with Crippen LogP contribution in [0, 0.1) is 0 Å². The summed E-state index contributed by atoms with van der Waals surface area (Å²) in [6.07, 6.45) is 0.853. The van der Waals surface area contributed by atoms with Crippen LogP contribution in [0.1, 0.15) is 16.6 Å². The molecule has 0 spiro atoms. The van der Waals surface area contributed by atoms with Crippen molar-refractivity contribution in [2.24, 2.45) is 0 Å². The quantitative estimate of drug-likeness (QED) is 0.666. The molecule has 0 bridgehead atoms. The summed E-state index contributed by atoms with van der Waals surface area (Å²) in [6, 6.07) is 7.51. The Morgan fingerprint density at radius 2 is 2.18 bits per heavy atom. The largest absolute Gasteiger partial charge is 0.492 e. The second-order valence-electron chi connectivity index (χ2n) is 3.54. The Balaban J connectivity index is 2.33. The second-order valence-corrected chi connectivity index (χ2v) is 4.48. The van der Waals surface area contributed by atoms with Crippen LogP contribution in [0.5, 0.6) is 5.75 Å². The van der Waals surface area contributed by atoms with Gasteiger partial charge in [-0.1, -0.05) is 6.07 Å². The van der Waals surface area contributed by atoms with Crippen LogP contribution in [-0.2, 0) is 0 Å². The van der Waals surface area contributed by atoms with Crippen molar-refractivity contribution in [2.75, 3.05) is 12.3 Å². The standard InChI is InChI=1S/C13H13NO2S/c1-2-16-13-4-3-9(6-12(13)14)10-5-11(7-15)17-8-10/h3-8H,2,14H2,1H3. The molecule has 2 rings (SSSR count). The molecule has 2 aromatic rings. The molecule has 1 aromatic carbocycles. The molecule has 0 saturated carbocycles. The van der Waals surface area contributed by atoms with E-state index in [1.165, 1.54) is 11.3 Å². The van der Waals surface area contributed by atoms with Crippen molar-refractivity contribution in [3.05, 3.63) is 34.5 Å². The highest BCUT2D eigenvalue weighted by molar-refractivity contribution is 7.12. The van der Waals surface area contributed by atoms with Crippen LogP contribution in [0.25, 0.3) is 11.1 Å². The molecule has 1 aromatic heterocycles. The number of thiophene rings is 1. The average molecular weight is 247 g/mol. The number of ether oxygens (including phenoxy) is 1. The smallest absolute Gasteiger partial charge is 0.160 e. The topological polar surface area (TPSA) is 52.3 Å². The summed E-state index contributed by atoms with van der Waals surface area (Å²) in [5.41, 5.74) is 8.51. The van der Waals surface area contributed by atoms with Crippen LogP contribution in [0.15, 0.2) is 29.6 Å². The maximum absolute atomic E-state index is 10.6. The van der Waals surface area contributed by atoms with Crippen molar-refractivity contribution in [2.45, 2.75) is 6.92 Å². The van der Waals surface area contributed by atoms with Crippen molar-refractivity contribution in [3.8, 4) is 16.9 Å². The molecule has 17 heavy (non-hydrogen) atoms. The lowest BCUT2D eigenvalue weighted by Crippen LogP contribution is -1.96. The van der Waals surface area contributed by atoms with Gasteiger partial charge in [0.05, 0.1) is 17.2 Å². The zero-order valence-corrected chi connectivity index (χ0v) is 10.3. The van der Waals surface area contributed by atoms with Crippen LogP contribution < -0.4 is 10.5 Å². The van der Waals surface area contributed by atoms with Crippen LogP contribution in [0.4, 0.5) is 5.69 Å². The minimum Gasteiger partial charge on any atom is -0.492 e. The molecule has 4 heteroatoms. The summed E-state index contributed by atoms with van der Waals surface area (Å²) in [7, 11) is 0. The molecule has 0 aliphatic rings. The van der Waals surface area contributed by atoms with E-state index in [9.17, 15) is 4.79 Å². The van der Waals surface area contributed by atoms with Gasteiger partial charge in [-0.25, -0.2) is 0 Å². The molecular weight excluding hydrogens is 234 g/mol. The van der Waals surface area contributed by atoms with Gasteiger partial charge in [0.15, 0.2) is 6.29 Å². The zero-order valence-electron chi connectivity index (χ0n) is 9.47. The molecule has 2 N–H and O–H groups in total. The maximum atomic E-state index is 10.6. The van der Waals surface area contributed by atoms with Gasteiger partial charge in [-0.05, 0) is 41.6 Å². The Kier molecular flexibility index (Phi) is 3.44. The molecule has 0 aliphatic carbocycles. The first-order valence-electron chi connectivity index (χ1n) is 5.31. The van der Waals surface area contributed by atoms with Gasteiger partial charge in [0.2, 0.25) is 0 Å². The van der Waals surface area contributed by atoms with Crippen molar-refractivity contribution in [1.82, 2.24) is 0 Å². The van der Waals surface area contributed by atoms with Crippen LogP contribution in [0.2, 0.25) is 0 Å². The highest BCUT2D eigenvalue weighted by Gasteiger charge is 2.05. The van der Waals surface area contributed by atoms with E-state index in [4.69, 9.17) is 10.5 Å². The molecule has 88 valence electrons. The van der Waals surface area contributed by atoms with Gasteiger partial charge in [-0.2, -0.15) is 0 Å². The third-order valence-corrected chi connectivity index (χ3v) is 3.24. The van der Waals surface area contributed by atoms with E-state index in [0.29, 0.717) is 22.9 Å². The molecule has 0 radical (unpaired) electrons. The highest BCUT2D eigenvalue weighted by Crippen LogP contribution is 2.30. The molecule has 0 unspecified atom stereocenters. The number of anilines is 1. The van der Waals surface area contributed by atoms with Gasteiger partial charge < -0.3 is 10.5 Å². The van der Waals surface area contributed by atoms with E-state index in [1.54, 1.807) is 0 Å². The number of nitrogens with two attached hydrogens (primary N) is 1. The minimum absolute atomic E-state index is 0.595. The number of rotatable bonds is 4. The first kappa shape index (κ1) is 11.7. The van der Waals surface area contributed by atoms with Gasteiger partial charge in [-0.15, -0.1) is 11.3 Å². The van der Waals surface area contributed by atoms with E-state index >= 15 is 0 Å². The average Bonchev–Trinajstić information content (AvgIpc) is 2.80. The first-order valence-corrected chi connectivity index (χ1v) is 6.19. The van der Waals surface area contributed by atoms with Crippen LogP contribution >= 0.6 is 11.3 Å². The minimum atomic E-state index is 0.595. The van der Waals surface area contributed by atoms with E-state index < -0.39 is 0 Å². The molecular formula is C13H13NO2S. The van der Waals surface area contributed by atoms with Gasteiger partial charge in [0.25, 0.3) is 0 Å². The second kappa shape index (κ2) is 5.01. The summed E-state index contributed by atoms with van der Waals surface area (Å²) in [5, 5.41) is 1.94. The number of carbonyl (C=O) groups excluding carboxylic acids is 1. The van der Waals surface area contributed by atoms with E-state index in [-0.39, 0.29) is 0 Å². The number of nitrogen functional groups attached to an aromatic ring is 1. The molecule has 1 heterocycles. The van der Waals surface area contributed by atoms with Crippen molar-refractivity contribution < 1.29 is 9.53 Å². The SMILES string of the molecule is CCOc1ccc(-c2csc(C=O)c2)cc1N. The molecule has 0 amide bonds. The zero-order chi connectivity index (χ0) is 12.3. The lowest BCUT2D eigenvalue weighted by molar-refractivity contribution is 0.112. The molecule has 0 atom stereocenters. The lowest BCUT2D eigenvalue weighted by Gasteiger charge is -2.07. The van der Waals surface area contributed by atoms with Gasteiger partial charge in [-0.3, -0.25) is 4.79 Å². The fraction of sp³-hybridized carbons (Fsp3) is 0.154. The monoisotopic (exact) mass is 247 g/mol. The molecule has 0 aliphatic heterocycles. The fourth-order valence-corrected chi connectivity index (χ4v) is 2.30. The van der Waals surface area contributed by atoms with Crippen LogP contribution in [0.3, 0.4) is 0 Å². The predicted octanol–water partition coefficient (Wildman–Crippen LogP) is 3.21. The Morgan fingerprint density at radius 3 is 2.76 bits per heavy atom. The number of hydrogen-bond acceptors (Lipinski definition) is 4. The summed E-state index contributed by atoms with van der Waals surface area (Å²) in [5.74, 6) is 0.696. The van der Waals surface area contributed by atoms with Crippen LogP contribution in [-0.4, -0.2) is 12.9 Å². The predicted molar refractivity (Wildman–Crippen MR) is 70.7 cm³/mol.